The summed E-state index contributed by atoms with van der Waals surface area (Å²) in [5.74, 6) is -7.00. The fourth-order valence-corrected chi connectivity index (χ4v) is 7.55. The summed E-state index contributed by atoms with van der Waals surface area (Å²) >= 11 is 42.5. The minimum absolute atomic E-state index is 0.0272. The molecule has 4 aromatic rings. The molecular weight excluding hydrogens is 1080 g/mol. The number of nitrogens with one attached hydrogen (secondary N) is 2. The van der Waals surface area contributed by atoms with Crippen molar-refractivity contribution in [2.45, 2.75) is 82.1 Å². The summed E-state index contributed by atoms with van der Waals surface area (Å²) in [6.07, 6.45) is -16.1. The van der Waals surface area contributed by atoms with Gasteiger partial charge < -0.3 is 52.7 Å². The quantitative estimate of drug-likeness (QED) is 0.0323. The molecular formula is C47H43Cl7N2O15. The number of halogens is 7. The molecule has 17 nitrogen and oxygen atoms in total. The summed E-state index contributed by atoms with van der Waals surface area (Å²) in [4.78, 5) is 68.3. The van der Waals surface area contributed by atoms with Crippen molar-refractivity contribution < 1.29 is 71.3 Å². The van der Waals surface area contributed by atoms with Gasteiger partial charge in [-0.25, -0.2) is 14.4 Å². The largest absolute Gasteiger partial charge is 0.467 e. The number of hydrogen-bond donors (Lipinski definition) is 2. The third-order valence-corrected chi connectivity index (χ3v) is 11.7. The van der Waals surface area contributed by atoms with E-state index < -0.39 is 117 Å². The highest BCUT2D eigenvalue weighted by atomic mass is 35.6. The molecule has 2 fully saturated rings. The van der Waals surface area contributed by atoms with Crippen molar-refractivity contribution in [2.24, 2.45) is 0 Å². The Bertz CT molecular complexity index is 2420. The van der Waals surface area contributed by atoms with Gasteiger partial charge in [0.2, 0.25) is 12.2 Å². The average molecular weight is 1120 g/mol. The minimum atomic E-state index is -2.69. The van der Waals surface area contributed by atoms with Crippen LogP contribution in [0.3, 0.4) is 0 Å². The molecule has 2 saturated heterocycles. The molecule has 24 heteroatoms. The minimum Gasteiger partial charge on any atom is -0.467 e. The highest BCUT2D eigenvalue weighted by Gasteiger charge is 2.59. The number of carbonyl (C=O) groups is 5. The standard InChI is InChI=1S/C47H43Cl7N2O15/c1-62-41(60)37-36(67-31(57)22-48)35(64-24-27-16-8-3-9-17-27)38(68-40(59)29-20-12-5-13-21-29)43(70-37)69-34-32(56-45(61)47(52,53)54)42(71-44(55)46(49,50)51)66-30(25-65-39(58)28-18-10-4-11-19-28)33(34)63-23-26-14-6-2-7-15-26/h2-21,30,32-38,42-43,55H,22-25H2,1H3,(H,56,61)/t30-,32-,33+,34-,35+,36+,37+,38-,42+,43-/m1/s1. The summed E-state index contributed by atoms with van der Waals surface area (Å²) in [5, 5.41) is 11.0. The van der Waals surface area contributed by atoms with Crippen LogP contribution in [0.25, 0.3) is 0 Å². The number of carbonyl (C=O) groups excluding carboxylic acids is 5. The number of ether oxygens (including phenoxy) is 10. The average Bonchev–Trinajstić information content (AvgIpc) is 3.36. The van der Waals surface area contributed by atoms with Crippen LogP contribution in [-0.2, 0) is 75.0 Å². The summed E-state index contributed by atoms with van der Waals surface area (Å²) in [7, 11) is 1.03. The maximum Gasteiger partial charge on any atom is 0.339 e. The molecule has 6 rings (SSSR count). The van der Waals surface area contributed by atoms with E-state index in [2.05, 4.69) is 5.32 Å². The van der Waals surface area contributed by atoms with Gasteiger partial charge in [0.1, 0.15) is 42.9 Å². The number of hydrogen-bond acceptors (Lipinski definition) is 16. The van der Waals surface area contributed by atoms with E-state index in [1.807, 2.05) is 0 Å². The third-order valence-electron chi connectivity index (χ3n) is 10.5. The molecule has 0 bridgehead atoms. The molecule has 2 aliphatic rings. The summed E-state index contributed by atoms with van der Waals surface area (Å²) in [6.45, 7) is -1.12. The Kier molecular flexibility index (Phi) is 20.4. The van der Waals surface area contributed by atoms with Gasteiger partial charge in [0.05, 0.1) is 31.5 Å². The van der Waals surface area contributed by atoms with Crippen LogP contribution in [0.4, 0.5) is 0 Å². The number of esters is 4. The van der Waals surface area contributed by atoms with Crippen molar-refractivity contribution >= 4 is 117 Å². The highest BCUT2D eigenvalue weighted by Crippen LogP contribution is 2.38. The molecule has 2 aliphatic heterocycles. The molecule has 0 aliphatic carbocycles. The van der Waals surface area contributed by atoms with Gasteiger partial charge in [0.15, 0.2) is 24.6 Å². The van der Waals surface area contributed by atoms with E-state index in [0.717, 1.165) is 7.11 Å². The topological polar surface area (TPSA) is 214 Å². The second kappa shape index (κ2) is 26.0. The van der Waals surface area contributed by atoms with E-state index in [0.29, 0.717) is 11.1 Å². The maximum atomic E-state index is 14.2. The fraction of sp³-hybridized carbons (Fsp3) is 0.362. The first-order chi connectivity index (χ1) is 33.9. The molecule has 0 aromatic heterocycles. The van der Waals surface area contributed by atoms with Crippen molar-refractivity contribution in [1.82, 2.24) is 5.32 Å². The third kappa shape index (κ3) is 15.5. The Balaban J connectivity index is 1.54. The number of amides is 1. The molecule has 2 N–H and O–H groups in total. The predicted molar refractivity (Wildman–Crippen MR) is 259 cm³/mol. The molecule has 0 radical (unpaired) electrons. The van der Waals surface area contributed by atoms with Crippen molar-refractivity contribution in [2.75, 3.05) is 19.6 Å². The molecule has 0 unspecified atom stereocenters. The lowest BCUT2D eigenvalue weighted by molar-refractivity contribution is -0.343. The summed E-state index contributed by atoms with van der Waals surface area (Å²) in [6, 6.07) is 31.1. The molecule has 0 saturated carbocycles. The fourth-order valence-electron chi connectivity index (χ4n) is 7.19. The molecule has 71 heavy (non-hydrogen) atoms. The van der Waals surface area contributed by atoms with Gasteiger partial charge in [-0.2, -0.15) is 0 Å². The zero-order valence-corrected chi connectivity index (χ0v) is 42.2. The Hall–Kier alpha value is -4.47. The van der Waals surface area contributed by atoms with Gasteiger partial charge in [-0.15, -0.1) is 11.6 Å². The number of alkyl halides is 7. The predicted octanol–water partition coefficient (Wildman–Crippen LogP) is 7.62. The Morgan fingerprint density at radius 1 is 0.606 bits per heavy atom. The lowest BCUT2D eigenvalue weighted by Crippen LogP contribution is -2.70. The van der Waals surface area contributed by atoms with Gasteiger partial charge >= 0.3 is 23.9 Å². The van der Waals surface area contributed by atoms with Crippen molar-refractivity contribution in [3.05, 3.63) is 144 Å². The Morgan fingerprint density at radius 3 is 1.63 bits per heavy atom. The summed E-state index contributed by atoms with van der Waals surface area (Å²) < 4.78 is 55.7. The van der Waals surface area contributed by atoms with Gasteiger partial charge in [-0.3, -0.25) is 15.0 Å². The van der Waals surface area contributed by atoms with Crippen LogP contribution in [-0.4, -0.2) is 124 Å². The normalized spacial score (nSPS) is 24.4. The van der Waals surface area contributed by atoms with Crippen LogP contribution in [0.15, 0.2) is 121 Å². The van der Waals surface area contributed by atoms with E-state index in [1.54, 1.807) is 97.1 Å². The monoisotopic (exact) mass is 1120 g/mol. The molecule has 4 aromatic carbocycles. The smallest absolute Gasteiger partial charge is 0.339 e. The van der Waals surface area contributed by atoms with Crippen molar-refractivity contribution in [1.29, 1.82) is 5.41 Å². The molecule has 0 spiro atoms. The SMILES string of the molecule is COC(=O)[C@H]1O[C@@H](O[C@@H]2[C@@H](NC(=O)C(Cl)(Cl)Cl)[C@H](OC(=N)C(Cl)(Cl)Cl)O[C@H](COC(=O)c3ccccc3)[C@@H]2OCc2ccccc2)[C@H](OC(=O)c2ccccc2)[C@@H](OCc2ccccc2)[C@@H]1OC(=O)CCl. The van der Waals surface area contributed by atoms with E-state index in [9.17, 15) is 24.0 Å². The summed E-state index contributed by atoms with van der Waals surface area (Å²) in [5.41, 5.74) is 1.35. The highest BCUT2D eigenvalue weighted by molar-refractivity contribution is 6.76. The van der Waals surface area contributed by atoms with Crippen LogP contribution in [0.5, 0.6) is 0 Å². The number of methoxy groups -OCH3 is 1. The van der Waals surface area contributed by atoms with E-state index in [1.165, 1.54) is 24.3 Å². The lowest BCUT2D eigenvalue weighted by Gasteiger charge is -2.49. The van der Waals surface area contributed by atoms with Crippen molar-refractivity contribution in [3.8, 4) is 0 Å². The first-order valence-corrected chi connectivity index (χ1v) is 24.0. The zero-order chi connectivity index (χ0) is 51.3. The Morgan fingerprint density at radius 2 is 1.13 bits per heavy atom. The van der Waals surface area contributed by atoms with Gasteiger partial charge in [-0.05, 0) is 35.4 Å². The second-order valence-corrected chi connectivity index (χ2v) is 20.2. The molecule has 2 heterocycles. The van der Waals surface area contributed by atoms with Gasteiger partial charge in [0, 0.05) is 0 Å². The Labute approximate surface area is 441 Å². The van der Waals surface area contributed by atoms with E-state index in [-0.39, 0.29) is 24.3 Å². The zero-order valence-electron chi connectivity index (χ0n) is 36.9. The van der Waals surface area contributed by atoms with Crippen LogP contribution < -0.4 is 5.32 Å². The van der Waals surface area contributed by atoms with Crippen LogP contribution in [0.2, 0.25) is 0 Å². The number of rotatable bonds is 18. The second-order valence-electron chi connectivity index (χ2n) is 15.3. The maximum absolute atomic E-state index is 14.2. The lowest BCUT2D eigenvalue weighted by atomic mass is 9.94. The van der Waals surface area contributed by atoms with Crippen LogP contribution >= 0.6 is 81.2 Å². The first-order valence-electron chi connectivity index (χ1n) is 21.2. The van der Waals surface area contributed by atoms with E-state index in [4.69, 9.17) is 134 Å². The van der Waals surface area contributed by atoms with Crippen molar-refractivity contribution in [3.63, 3.8) is 0 Å². The molecule has 1 amide bonds. The van der Waals surface area contributed by atoms with Gasteiger partial charge in [0.25, 0.3) is 13.5 Å². The number of benzene rings is 4. The molecule has 380 valence electrons. The first kappa shape index (κ1) is 55.8. The van der Waals surface area contributed by atoms with E-state index >= 15 is 0 Å². The van der Waals surface area contributed by atoms with Crippen LogP contribution in [0, 0.1) is 5.41 Å². The van der Waals surface area contributed by atoms with Gasteiger partial charge in [-0.1, -0.05) is 167 Å². The molecule has 10 atom stereocenters. The van der Waals surface area contributed by atoms with Crippen LogP contribution in [0.1, 0.15) is 31.8 Å².